The summed E-state index contributed by atoms with van der Waals surface area (Å²) in [5.41, 5.74) is 13.1. The molecule has 3 nitrogen and oxygen atoms in total. The highest BCUT2D eigenvalue weighted by Crippen LogP contribution is 2.35. The van der Waals surface area contributed by atoms with E-state index in [4.69, 9.17) is 16.2 Å². The molecule has 0 aromatic heterocycles. The molecule has 0 aliphatic heterocycles. The van der Waals surface area contributed by atoms with E-state index in [-0.39, 0.29) is 6.04 Å². The molecule has 0 radical (unpaired) electrons. The van der Waals surface area contributed by atoms with Crippen molar-refractivity contribution in [1.82, 2.24) is 0 Å². The molecule has 1 aliphatic rings. The van der Waals surface area contributed by atoms with Crippen LogP contribution in [0.2, 0.25) is 0 Å². The summed E-state index contributed by atoms with van der Waals surface area (Å²) >= 11 is 0. The third-order valence-electron chi connectivity index (χ3n) is 3.22. The second kappa shape index (κ2) is 4.21. The Morgan fingerprint density at radius 3 is 2.33 bits per heavy atom. The van der Waals surface area contributed by atoms with Gasteiger partial charge in [0.15, 0.2) is 0 Å². The highest BCUT2D eigenvalue weighted by atomic mass is 16.5. The van der Waals surface area contributed by atoms with E-state index in [0.717, 1.165) is 18.6 Å². The zero-order valence-corrected chi connectivity index (χ0v) is 9.02. The number of benzene rings is 1. The second-order valence-corrected chi connectivity index (χ2v) is 4.29. The normalized spacial score (nSPS) is 26.9. The predicted molar refractivity (Wildman–Crippen MR) is 60.6 cm³/mol. The first-order valence-corrected chi connectivity index (χ1v) is 5.36. The lowest BCUT2D eigenvalue weighted by Crippen LogP contribution is -2.41. The Morgan fingerprint density at radius 1 is 1.27 bits per heavy atom. The third-order valence-corrected chi connectivity index (χ3v) is 3.22. The van der Waals surface area contributed by atoms with Crippen molar-refractivity contribution >= 4 is 0 Å². The Labute approximate surface area is 90.4 Å². The van der Waals surface area contributed by atoms with Crippen molar-refractivity contribution in [3.8, 4) is 5.75 Å². The minimum Gasteiger partial charge on any atom is -0.497 e. The zero-order valence-electron chi connectivity index (χ0n) is 9.02. The molecule has 0 spiro atoms. The van der Waals surface area contributed by atoms with Gasteiger partial charge in [0.25, 0.3) is 0 Å². The molecule has 2 rings (SSSR count). The maximum absolute atomic E-state index is 6.16. The molecule has 1 aromatic rings. The molecule has 3 heteroatoms. The molecule has 0 amide bonds. The van der Waals surface area contributed by atoms with E-state index in [0.29, 0.717) is 12.0 Å². The van der Waals surface area contributed by atoms with Crippen molar-refractivity contribution in [2.75, 3.05) is 7.11 Å². The van der Waals surface area contributed by atoms with Crippen LogP contribution < -0.4 is 16.2 Å². The molecule has 1 fully saturated rings. The fourth-order valence-corrected chi connectivity index (χ4v) is 2.10. The SMILES string of the molecule is COc1ccc(C(N)C2CC(N)C2)cc1. The lowest BCUT2D eigenvalue weighted by atomic mass is 9.74. The first kappa shape index (κ1) is 10.5. The molecule has 0 heterocycles. The lowest BCUT2D eigenvalue weighted by molar-refractivity contribution is 0.224. The van der Waals surface area contributed by atoms with Gasteiger partial charge >= 0.3 is 0 Å². The van der Waals surface area contributed by atoms with Gasteiger partial charge in [-0.05, 0) is 36.5 Å². The van der Waals surface area contributed by atoms with Gasteiger partial charge in [-0.1, -0.05) is 12.1 Å². The Kier molecular flexibility index (Phi) is 2.93. The van der Waals surface area contributed by atoms with Gasteiger partial charge in [-0.25, -0.2) is 0 Å². The molecule has 1 unspecified atom stereocenters. The van der Waals surface area contributed by atoms with Crippen molar-refractivity contribution in [3.05, 3.63) is 29.8 Å². The molecule has 1 aromatic carbocycles. The van der Waals surface area contributed by atoms with Gasteiger partial charge in [-0.15, -0.1) is 0 Å². The molecule has 1 aliphatic carbocycles. The maximum atomic E-state index is 6.16. The van der Waals surface area contributed by atoms with Crippen LogP contribution in [-0.4, -0.2) is 13.2 Å². The standard InChI is InChI=1S/C12H18N2O/c1-15-11-4-2-8(3-5-11)12(14)9-6-10(13)7-9/h2-5,9-10,12H,6-7,13-14H2,1H3. The van der Waals surface area contributed by atoms with E-state index in [2.05, 4.69) is 0 Å². The topological polar surface area (TPSA) is 61.3 Å². The maximum Gasteiger partial charge on any atom is 0.118 e. The molecule has 4 N–H and O–H groups in total. The molecular weight excluding hydrogens is 188 g/mol. The van der Waals surface area contributed by atoms with Gasteiger partial charge in [0.1, 0.15) is 5.75 Å². The monoisotopic (exact) mass is 206 g/mol. The van der Waals surface area contributed by atoms with Crippen LogP contribution in [0.25, 0.3) is 0 Å². The van der Waals surface area contributed by atoms with E-state index in [1.807, 2.05) is 24.3 Å². The summed E-state index contributed by atoms with van der Waals surface area (Å²) < 4.78 is 5.11. The predicted octanol–water partition coefficient (Wildman–Crippen LogP) is 1.43. The van der Waals surface area contributed by atoms with Crippen LogP contribution >= 0.6 is 0 Å². The fourth-order valence-electron chi connectivity index (χ4n) is 2.10. The summed E-state index contributed by atoms with van der Waals surface area (Å²) in [6.07, 6.45) is 2.10. The largest absolute Gasteiger partial charge is 0.497 e. The minimum atomic E-state index is 0.121. The van der Waals surface area contributed by atoms with Crippen LogP contribution in [0.3, 0.4) is 0 Å². The Balaban J connectivity index is 2.02. The number of methoxy groups -OCH3 is 1. The Hall–Kier alpha value is -1.06. The van der Waals surface area contributed by atoms with Crippen molar-refractivity contribution in [2.45, 2.75) is 24.9 Å². The van der Waals surface area contributed by atoms with E-state index >= 15 is 0 Å². The molecule has 1 saturated carbocycles. The van der Waals surface area contributed by atoms with Crippen molar-refractivity contribution < 1.29 is 4.74 Å². The summed E-state index contributed by atoms with van der Waals surface area (Å²) in [6.45, 7) is 0. The fraction of sp³-hybridized carbons (Fsp3) is 0.500. The molecule has 1 atom stereocenters. The van der Waals surface area contributed by atoms with Crippen molar-refractivity contribution in [3.63, 3.8) is 0 Å². The lowest BCUT2D eigenvalue weighted by Gasteiger charge is -2.36. The van der Waals surface area contributed by atoms with Gasteiger partial charge in [0.2, 0.25) is 0 Å². The summed E-state index contributed by atoms with van der Waals surface area (Å²) in [5.74, 6) is 1.42. The minimum absolute atomic E-state index is 0.121. The third kappa shape index (κ3) is 2.13. The highest BCUT2D eigenvalue weighted by Gasteiger charge is 2.31. The average Bonchev–Trinajstić information content (AvgIpc) is 2.24. The van der Waals surface area contributed by atoms with Crippen LogP contribution in [0.5, 0.6) is 5.75 Å². The molecular formula is C12H18N2O. The van der Waals surface area contributed by atoms with Crippen LogP contribution in [0.15, 0.2) is 24.3 Å². The van der Waals surface area contributed by atoms with Crippen LogP contribution in [0.1, 0.15) is 24.4 Å². The van der Waals surface area contributed by atoms with E-state index in [1.54, 1.807) is 7.11 Å². The van der Waals surface area contributed by atoms with Gasteiger partial charge < -0.3 is 16.2 Å². The van der Waals surface area contributed by atoms with E-state index in [9.17, 15) is 0 Å². The zero-order chi connectivity index (χ0) is 10.8. The van der Waals surface area contributed by atoms with E-state index < -0.39 is 0 Å². The molecule has 0 saturated heterocycles. The highest BCUT2D eigenvalue weighted by molar-refractivity contribution is 5.29. The Bertz CT molecular complexity index is 317. The molecule has 15 heavy (non-hydrogen) atoms. The van der Waals surface area contributed by atoms with Crippen LogP contribution in [-0.2, 0) is 0 Å². The summed E-state index contributed by atoms with van der Waals surface area (Å²) in [6, 6.07) is 8.46. The number of rotatable bonds is 3. The first-order valence-electron chi connectivity index (χ1n) is 5.36. The quantitative estimate of drug-likeness (QED) is 0.786. The second-order valence-electron chi connectivity index (χ2n) is 4.29. The van der Waals surface area contributed by atoms with Gasteiger partial charge in [0, 0.05) is 12.1 Å². The van der Waals surface area contributed by atoms with Gasteiger partial charge in [0.05, 0.1) is 7.11 Å². The van der Waals surface area contributed by atoms with Crippen LogP contribution in [0, 0.1) is 5.92 Å². The molecule has 0 bridgehead atoms. The summed E-state index contributed by atoms with van der Waals surface area (Å²) in [7, 11) is 1.67. The Morgan fingerprint density at radius 2 is 1.87 bits per heavy atom. The molecule has 82 valence electrons. The van der Waals surface area contributed by atoms with E-state index in [1.165, 1.54) is 5.56 Å². The number of ether oxygens (including phenoxy) is 1. The van der Waals surface area contributed by atoms with Gasteiger partial charge in [-0.3, -0.25) is 0 Å². The smallest absolute Gasteiger partial charge is 0.118 e. The number of hydrogen-bond donors (Lipinski definition) is 2. The summed E-state index contributed by atoms with van der Waals surface area (Å²) in [5, 5.41) is 0. The first-order chi connectivity index (χ1) is 7.20. The summed E-state index contributed by atoms with van der Waals surface area (Å²) in [4.78, 5) is 0. The number of nitrogens with two attached hydrogens (primary N) is 2. The van der Waals surface area contributed by atoms with Crippen LogP contribution in [0.4, 0.5) is 0 Å². The van der Waals surface area contributed by atoms with Crippen molar-refractivity contribution in [1.29, 1.82) is 0 Å². The average molecular weight is 206 g/mol. The number of hydrogen-bond acceptors (Lipinski definition) is 3. The van der Waals surface area contributed by atoms with Gasteiger partial charge in [-0.2, -0.15) is 0 Å². The van der Waals surface area contributed by atoms with Crippen molar-refractivity contribution in [2.24, 2.45) is 17.4 Å².